The van der Waals surface area contributed by atoms with Crippen molar-refractivity contribution in [3.05, 3.63) is 0 Å². The van der Waals surface area contributed by atoms with Gasteiger partial charge in [0.15, 0.2) is 0 Å². The Morgan fingerprint density at radius 1 is 1.11 bits per heavy atom. The van der Waals surface area contributed by atoms with Crippen molar-refractivity contribution in [2.45, 2.75) is 65.3 Å². The van der Waals surface area contributed by atoms with Gasteiger partial charge in [-0.3, -0.25) is 0 Å². The van der Waals surface area contributed by atoms with Gasteiger partial charge in [-0.05, 0) is 69.6 Å². The Balaban J connectivity index is 1.65. The number of nitrogens with zero attached hydrogens (tertiary/aromatic N) is 1. The maximum atomic E-state index is 3.66. The van der Waals surface area contributed by atoms with Gasteiger partial charge in [0, 0.05) is 6.04 Å². The van der Waals surface area contributed by atoms with Gasteiger partial charge in [0.1, 0.15) is 0 Å². The molecule has 1 aliphatic carbocycles. The molecular weight excluding hydrogens is 232 g/mol. The molecule has 2 aliphatic rings. The van der Waals surface area contributed by atoms with Gasteiger partial charge in [-0.25, -0.2) is 0 Å². The van der Waals surface area contributed by atoms with Gasteiger partial charge in [-0.2, -0.15) is 0 Å². The van der Waals surface area contributed by atoms with Crippen molar-refractivity contribution < 1.29 is 0 Å². The smallest absolute Gasteiger partial charge is 0.0136 e. The summed E-state index contributed by atoms with van der Waals surface area (Å²) < 4.78 is 0. The van der Waals surface area contributed by atoms with Crippen molar-refractivity contribution in [2.24, 2.45) is 17.8 Å². The number of hydrogen-bond acceptors (Lipinski definition) is 2. The first kappa shape index (κ1) is 15.3. The van der Waals surface area contributed by atoms with Crippen molar-refractivity contribution >= 4 is 0 Å². The molecule has 0 radical (unpaired) electrons. The fourth-order valence-electron chi connectivity index (χ4n) is 3.81. The molecule has 1 aliphatic heterocycles. The van der Waals surface area contributed by atoms with Crippen LogP contribution in [-0.4, -0.2) is 37.1 Å². The first-order valence-electron chi connectivity index (χ1n) is 8.65. The predicted molar refractivity (Wildman–Crippen MR) is 83.4 cm³/mol. The summed E-state index contributed by atoms with van der Waals surface area (Å²) in [7, 11) is 0. The van der Waals surface area contributed by atoms with Crippen LogP contribution in [0.25, 0.3) is 0 Å². The van der Waals surface area contributed by atoms with E-state index < -0.39 is 0 Å². The SMILES string of the molecule is CCCC1CCN(C2CCC2CNCC(C)C)CC1. The average molecular weight is 266 g/mol. The van der Waals surface area contributed by atoms with Crippen LogP contribution >= 0.6 is 0 Å². The molecule has 1 saturated carbocycles. The third-order valence-corrected chi connectivity index (χ3v) is 5.15. The highest BCUT2D eigenvalue weighted by molar-refractivity contribution is 4.91. The molecule has 2 unspecified atom stereocenters. The monoisotopic (exact) mass is 266 g/mol. The normalized spacial score (nSPS) is 29.7. The molecule has 2 rings (SSSR count). The summed E-state index contributed by atoms with van der Waals surface area (Å²) in [5.41, 5.74) is 0. The lowest BCUT2D eigenvalue weighted by Crippen LogP contribution is -2.53. The van der Waals surface area contributed by atoms with Crippen LogP contribution in [0.5, 0.6) is 0 Å². The van der Waals surface area contributed by atoms with Gasteiger partial charge in [-0.15, -0.1) is 0 Å². The number of nitrogens with one attached hydrogen (secondary N) is 1. The van der Waals surface area contributed by atoms with Crippen LogP contribution < -0.4 is 5.32 Å². The van der Waals surface area contributed by atoms with Crippen LogP contribution in [0.2, 0.25) is 0 Å². The third kappa shape index (κ3) is 4.46. The molecule has 0 bridgehead atoms. The van der Waals surface area contributed by atoms with E-state index in [-0.39, 0.29) is 0 Å². The standard InChI is InChI=1S/C17H34N2/c1-4-5-15-8-10-19(11-9-15)17-7-6-16(17)13-18-12-14(2)3/h14-18H,4-13H2,1-3H3. The Morgan fingerprint density at radius 3 is 2.37 bits per heavy atom. The molecule has 0 aromatic heterocycles. The summed E-state index contributed by atoms with van der Waals surface area (Å²) in [5.74, 6) is 2.74. The third-order valence-electron chi connectivity index (χ3n) is 5.15. The van der Waals surface area contributed by atoms with E-state index in [4.69, 9.17) is 0 Å². The van der Waals surface area contributed by atoms with Crippen LogP contribution in [0.4, 0.5) is 0 Å². The first-order chi connectivity index (χ1) is 9.20. The topological polar surface area (TPSA) is 15.3 Å². The minimum absolute atomic E-state index is 0.781. The highest BCUT2D eigenvalue weighted by atomic mass is 15.2. The molecule has 0 amide bonds. The molecule has 2 fully saturated rings. The molecule has 1 N–H and O–H groups in total. The fraction of sp³-hybridized carbons (Fsp3) is 1.00. The predicted octanol–water partition coefficient (Wildman–Crippen LogP) is 3.52. The molecule has 1 heterocycles. The van der Waals surface area contributed by atoms with E-state index in [1.165, 1.54) is 64.7 Å². The van der Waals surface area contributed by atoms with E-state index in [0.29, 0.717) is 0 Å². The summed E-state index contributed by atoms with van der Waals surface area (Å²) in [6.07, 6.45) is 8.64. The molecule has 0 spiro atoms. The molecule has 2 heteroatoms. The van der Waals surface area contributed by atoms with Crippen molar-refractivity contribution in [3.63, 3.8) is 0 Å². The van der Waals surface area contributed by atoms with E-state index in [0.717, 1.165) is 23.8 Å². The lowest BCUT2D eigenvalue weighted by atomic mass is 9.77. The Hall–Kier alpha value is -0.0800. The molecular formula is C17H34N2. The molecule has 19 heavy (non-hydrogen) atoms. The number of piperidine rings is 1. The lowest BCUT2D eigenvalue weighted by molar-refractivity contribution is 0.0330. The Labute approximate surface area is 120 Å². The zero-order valence-electron chi connectivity index (χ0n) is 13.3. The molecule has 2 nitrogen and oxygen atoms in total. The Bertz CT molecular complexity index is 244. The zero-order valence-corrected chi connectivity index (χ0v) is 13.3. The van der Waals surface area contributed by atoms with Crippen molar-refractivity contribution in [1.82, 2.24) is 10.2 Å². The Morgan fingerprint density at radius 2 is 1.84 bits per heavy atom. The number of rotatable bonds is 7. The van der Waals surface area contributed by atoms with E-state index in [1.54, 1.807) is 0 Å². The molecule has 1 saturated heterocycles. The van der Waals surface area contributed by atoms with Crippen molar-refractivity contribution in [2.75, 3.05) is 26.2 Å². The molecule has 0 aromatic carbocycles. The minimum Gasteiger partial charge on any atom is -0.316 e. The van der Waals surface area contributed by atoms with Gasteiger partial charge >= 0.3 is 0 Å². The average Bonchev–Trinajstić information content (AvgIpc) is 2.35. The summed E-state index contributed by atoms with van der Waals surface area (Å²) in [6, 6.07) is 0.905. The Kier molecular flexibility index (Phi) is 6.15. The van der Waals surface area contributed by atoms with Crippen LogP contribution in [0.1, 0.15) is 59.3 Å². The molecule has 112 valence electrons. The number of hydrogen-bond donors (Lipinski definition) is 1. The van der Waals surface area contributed by atoms with Gasteiger partial charge in [-0.1, -0.05) is 33.6 Å². The van der Waals surface area contributed by atoms with E-state index >= 15 is 0 Å². The summed E-state index contributed by atoms with van der Waals surface area (Å²) in [4.78, 5) is 2.80. The number of likely N-dealkylation sites (tertiary alicyclic amines) is 1. The van der Waals surface area contributed by atoms with Gasteiger partial charge in [0.2, 0.25) is 0 Å². The van der Waals surface area contributed by atoms with Crippen LogP contribution in [0, 0.1) is 17.8 Å². The van der Waals surface area contributed by atoms with Gasteiger partial charge in [0.25, 0.3) is 0 Å². The second-order valence-corrected chi connectivity index (χ2v) is 7.22. The zero-order chi connectivity index (χ0) is 13.7. The summed E-state index contributed by atoms with van der Waals surface area (Å²) in [5, 5.41) is 3.66. The summed E-state index contributed by atoms with van der Waals surface area (Å²) in [6.45, 7) is 12.1. The highest BCUT2D eigenvalue weighted by Crippen LogP contribution is 2.34. The van der Waals surface area contributed by atoms with Crippen molar-refractivity contribution in [3.8, 4) is 0 Å². The second kappa shape index (κ2) is 7.64. The van der Waals surface area contributed by atoms with E-state index in [2.05, 4.69) is 31.0 Å². The highest BCUT2D eigenvalue weighted by Gasteiger charge is 2.36. The second-order valence-electron chi connectivity index (χ2n) is 7.22. The summed E-state index contributed by atoms with van der Waals surface area (Å²) >= 11 is 0. The quantitative estimate of drug-likeness (QED) is 0.758. The largest absolute Gasteiger partial charge is 0.316 e. The lowest BCUT2D eigenvalue weighted by Gasteiger charge is -2.47. The molecule has 2 atom stereocenters. The van der Waals surface area contributed by atoms with Crippen LogP contribution in [0.3, 0.4) is 0 Å². The van der Waals surface area contributed by atoms with E-state index in [9.17, 15) is 0 Å². The first-order valence-corrected chi connectivity index (χ1v) is 8.65. The fourth-order valence-corrected chi connectivity index (χ4v) is 3.81. The minimum atomic E-state index is 0.781. The van der Waals surface area contributed by atoms with Crippen LogP contribution in [-0.2, 0) is 0 Å². The maximum absolute atomic E-state index is 3.66. The van der Waals surface area contributed by atoms with Gasteiger partial charge < -0.3 is 10.2 Å². The van der Waals surface area contributed by atoms with E-state index in [1.807, 2.05) is 0 Å². The van der Waals surface area contributed by atoms with Crippen LogP contribution in [0.15, 0.2) is 0 Å². The maximum Gasteiger partial charge on any atom is 0.0136 e. The van der Waals surface area contributed by atoms with Crippen molar-refractivity contribution in [1.29, 1.82) is 0 Å². The van der Waals surface area contributed by atoms with Gasteiger partial charge in [0.05, 0.1) is 0 Å². The molecule has 0 aromatic rings.